The molecule has 114 valence electrons. The van der Waals surface area contributed by atoms with E-state index in [1.165, 1.54) is 6.42 Å². The molecule has 0 aromatic carbocycles. The normalized spacial score (nSPS) is 19.0. The molecule has 0 bridgehead atoms. The first-order valence-electron chi connectivity index (χ1n) is 7.39. The summed E-state index contributed by atoms with van der Waals surface area (Å²) in [7, 11) is 1.62. The van der Waals surface area contributed by atoms with E-state index >= 15 is 0 Å². The van der Waals surface area contributed by atoms with Gasteiger partial charge in [0, 0.05) is 25.0 Å². The van der Waals surface area contributed by atoms with E-state index in [9.17, 15) is 0 Å². The standard InChI is InChI=1S/C15H20ClN3O2/c1-20-14-6-5-12-15(18-14)19(13(17-12)7-8-16)10-11-4-2-3-9-21-11/h5-6,11H,2-4,7-10H2,1H3. The average Bonchev–Trinajstić information content (AvgIpc) is 2.86. The molecule has 21 heavy (non-hydrogen) atoms. The molecule has 5 nitrogen and oxygen atoms in total. The van der Waals surface area contributed by atoms with E-state index in [4.69, 9.17) is 21.1 Å². The minimum absolute atomic E-state index is 0.234. The second-order valence-corrected chi connectivity index (χ2v) is 5.64. The number of halogens is 1. The monoisotopic (exact) mass is 309 g/mol. The van der Waals surface area contributed by atoms with Crippen molar-refractivity contribution >= 4 is 22.8 Å². The number of fused-ring (bicyclic) bond motifs is 1. The van der Waals surface area contributed by atoms with Crippen LogP contribution >= 0.6 is 11.6 Å². The van der Waals surface area contributed by atoms with Crippen LogP contribution < -0.4 is 4.74 Å². The van der Waals surface area contributed by atoms with Crippen LogP contribution in [0.15, 0.2) is 12.1 Å². The third-order valence-corrected chi connectivity index (χ3v) is 4.02. The highest BCUT2D eigenvalue weighted by Crippen LogP contribution is 2.22. The maximum Gasteiger partial charge on any atom is 0.215 e. The number of hydrogen-bond acceptors (Lipinski definition) is 4. The molecule has 0 amide bonds. The van der Waals surface area contributed by atoms with Crippen molar-refractivity contribution in [1.82, 2.24) is 14.5 Å². The quantitative estimate of drug-likeness (QED) is 0.797. The third-order valence-electron chi connectivity index (χ3n) is 3.83. The Hall–Kier alpha value is -1.33. The van der Waals surface area contributed by atoms with Gasteiger partial charge >= 0.3 is 0 Å². The van der Waals surface area contributed by atoms with Crippen LogP contribution in [0.4, 0.5) is 0 Å². The van der Waals surface area contributed by atoms with Gasteiger partial charge in [-0.05, 0) is 25.3 Å². The van der Waals surface area contributed by atoms with Crippen LogP contribution in [0.2, 0.25) is 0 Å². The highest BCUT2D eigenvalue weighted by atomic mass is 35.5. The Morgan fingerprint density at radius 1 is 1.38 bits per heavy atom. The number of ether oxygens (including phenoxy) is 2. The minimum Gasteiger partial charge on any atom is -0.481 e. The van der Waals surface area contributed by atoms with Gasteiger partial charge < -0.3 is 14.0 Å². The molecule has 1 unspecified atom stereocenters. The molecule has 1 aliphatic heterocycles. The molecule has 0 spiro atoms. The predicted molar refractivity (Wildman–Crippen MR) is 82.1 cm³/mol. The van der Waals surface area contributed by atoms with Crippen molar-refractivity contribution in [3.05, 3.63) is 18.0 Å². The summed E-state index contributed by atoms with van der Waals surface area (Å²) in [4.78, 5) is 9.19. The van der Waals surface area contributed by atoms with Gasteiger partial charge in [-0.25, -0.2) is 4.98 Å². The van der Waals surface area contributed by atoms with Crippen LogP contribution in [-0.4, -0.2) is 40.2 Å². The van der Waals surface area contributed by atoms with E-state index in [0.717, 1.165) is 49.4 Å². The molecule has 1 saturated heterocycles. The first-order chi connectivity index (χ1) is 10.3. The lowest BCUT2D eigenvalue weighted by Crippen LogP contribution is -2.25. The number of nitrogens with zero attached hydrogens (tertiary/aromatic N) is 3. The molecule has 0 N–H and O–H groups in total. The molecule has 0 radical (unpaired) electrons. The van der Waals surface area contributed by atoms with Gasteiger partial charge in [0.1, 0.15) is 11.3 Å². The van der Waals surface area contributed by atoms with E-state index in [-0.39, 0.29) is 6.10 Å². The van der Waals surface area contributed by atoms with E-state index in [0.29, 0.717) is 11.8 Å². The first-order valence-corrected chi connectivity index (χ1v) is 7.93. The maximum absolute atomic E-state index is 5.91. The van der Waals surface area contributed by atoms with Crippen molar-refractivity contribution < 1.29 is 9.47 Å². The van der Waals surface area contributed by atoms with Crippen molar-refractivity contribution in [3.63, 3.8) is 0 Å². The lowest BCUT2D eigenvalue weighted by Gasteiger charge is -2.23. The van der Waals surface area contributed by atoms with Gasteiger partial charge in [-0.1, -0.05) is 0 Å². The van der Waals surface area contributed by atoms with Crippen LogP contribution in [0.25, 0.3) is 11.2 Å². The number of aromatic nitrogens is 3. The molecular formula is C15H20ClN3O2. The second-order valence-electron chi connectivity index (χ2n) is 5.26. The summed E-state index contributed by atoms with van der Waals surface area (Å²) in [5.74, 6) is 2.12. The summed E-state index contributed by atoms with van der Waals surface area (Å²) >= 11 is 5.91. The van der Waals surface area contributed by atoms with Crippen LogP contribution in [0.1, 0.15) is 25.1 Å². The van der Waals surface area contributed by atoms with Gasteiger partial charge in [0.25, 0.3) is 0 Å². The Bertz CT molecular complexity index is 608. The fraction of sp³-hybridized carbons (Fsp3) is 0.600. The van der Waals surface area contributed by atoms with Gasteiger partial charge in [0.15, 0.2) is 5.65 Å². The summed E-state index contributed by atoms with van der Waals surface area (Å²) in [5.41, 5.74) is 1.73. The molecule has 1 atom stereocenters. The van der Waals surface area contributed by atoms with E-state index in [1.807, 2.05) is 12.1 Å². The Morgan fingerprint density at radius 3 is 3.00 bits per heavy atom. The summed E-state index contributed by atoms with van der Waals surface area (Å²) in [6.07, 6.45) is 4.43. The number of alkyl halides is 1. The zero-order valence-electron chi connectivity index (χ0n) is 12.2. The van der Waals surface area contributed by atoms with Crippen LogP contribution in [0.3, 0.4) is 0 Å². The average molecular weight is 310 g/mol. The third kappa shape index (κ3) is 3.14. The van der Waals surface area contributed by atoms with Gasteiger partial charge in [0.05, 0.1) is 19.8 Å². The second kappa shape index (κ2) is 6.62. The summed E-state index contributed by atoms with van der Waals surface area (Å²) < 4.78 is 13.2. The molecule has 6 heteroatoms. The SMILES string of the molecule is COc1ccc2nc(CCCl)n(CC3CCCCO3)c2n1. The fourth-order valence-electron chi connectivity index (χ4n) is 2.77. The summed E-state index contributed by atoms with van der Waals surface area (Å²) in [6.45, 7) is 1.63. The maximum atomic E-state index is 5.91. The van der Waals surface area contributed by atoms with Crippen molar-refractivity contribution in [3.8, 4) is 5.88 Å². The van der Waals surface area contributed by atoms with Crippen molar-refractivity contribution in [1.29, 1.82) is 0 Å². The smallest absolute Gasteiger partial charge is 0.215 e. The number of rotatable bonds is 5. The van der Waals surface area contributed by atoms with Gasteiger partial charge in [-0.3, -0.25) is 0 Å². The first kappa shape index (κ1) is 14.6. The lowest BCUT2D eigenvalue weighted by atomic mass is 10.1. The predicted octanol–water partition coefficient (Wildman–Crippen LogP) is 2.79. The Kier molecular flexibility index (Phi) is 4.60. The van der Waals surface area contributed by atoms with Gasteiger partial charge in [0.2, 0.25) is 5.88 Å². The lowest BCUT2D eigenvalue weighted by molar-refractivity contribution is 0.00612. The van der Waals surface area contributed by atoms with Crippen LogP contribution in [-0.2, 0) is 17.7 Å². The molecule has 3 rings (SSSR count). The molecule has 1 fully saturated rings. The molecule has 0 saturated carbocycles. The van der Waals surface area contributed by atoms with Gasteiger partial charge in [-0.15, -0.1) is 11.6 Å². The summed E-state index contributed by atoms with van der Waals surface area (Å²) in [6, 6.07) is 3.78. The minimum atomic E-state index is 0.234. The number of imidazole rings is 1. The Balaban J connectivity index is 1.96. The number of hydrogen-bond donors (Lipinski definition) is 0. The topological polar surface area (TPSA) is 49.2 Å². The number of aryl methyl sites for hydroxylation is 1. The Labute approximate surface area is 129 Å². The molecule has 2 aromatic heterocycles. The zero-order valence-corrected chi connectivity index (χ0v) is 13.0. The van der Waals surface area contributed by atoms with Crippen LogP contribution in [0.5, 0.6) is 5.88 Å². The zero-order chi connectivity index (χ0) is 14.7. The van der Waals surface area contributed by atoms with E-state index in [2.05, 4.69) is 14.5 Å². The van der Waals surface area contributed by atoms with Crippen LogP contribution in [0, 0.1) is 0 Å². The van der Waals surface area contributed by atoms with E-state index in [1.54, 1.807) is 7.11 Å². The fourth-order valence-corrected chi connectivity index (χ4v) is 2.94. The molecule has 2 aromatic rings. The molecular weight excluding hydrogens is 290 g/mol. The highest BCUT2D eigenvalue weighted by molar-refractivity contribution is 6.17. The van der Waals surface area contributed by atoms with Crippen molar-refractivity contribution in [2.24, 2.45) is 0 Å². The Morgan fingerprint density at radius 2 is 2.29 bits per heavy atom. The van der Waals surface area contributed by atoms with Gasteiger partial charge in [-0.2, -0.15) is 4.98 Å². The molecule has 0 aliphatic carbocycles. The summed E-state index contributed by atoms with van der Waals surface area (Å²) in [5, 5.41) is 0. The molecule has 1 aliphatic rings. The van der Waals surface area contributed by atoms with E-state index < -0.39 is 0 Å². The van der Waals surface area contributed by atoms with Crippen molar-refractivity contribution in [2.45, 2.75) is 38.3 Å². The highest BCUT2D eigenvalue weighted by Gasteiger charge is 2.19. The largest absolute Gasteiger partial charge is 0.481 e. The van der Waals surface area contributed by atoms with Crippen molar-refractivity contribution in [2.75, 3.05) is 19.6 Å². The number of pyridine rings is 1. The molecule has 3 heterocycles. The number of methoxy groups -OCH3 is 1.